The van der Waals surface area contributed by atoms with Crippen molar-refractivity contribution in [1.82, 2.24) is 0 Å². The molecule has 0 radical (unpaired) electrons. The summed E-state index contributed by atoms with van der Waals surface area (Å²) in [5, 5.41) is 0.0910. The third-order valence-electron chi connectivity index (χ3n) is 3.80. The van der Waals surface area contributed by atoms with Crippen molar-refractivity contribution in [2.45, 2.75) is 51.6 Å². The standard InChI is InChI=1S/C16H26O3Si/c1-16(2,3)20(4,5)19-15(11-17)13-18-12-14-9-7-6-8-10-14/h6-11,15H,12-13H2,1-5H3/t15-/m1/s1. The number of ether oxygens (including phenoxy) is 1. The van der Waals surface area contributed by atoms with E-state index in [-0.39, 0.29) is 5.04 Å². The zero-order valence-electron chi connectivity index (χ0n) is 13.2. The third kappa shape index (κ3) is 5.19. The van der Waals surface area contributed by atoms with Crippen LogP contribution in [0.5, 0.6) is 0 Å². The number of carbonyl (C=O) groups excluding carboxylic acids is 1. The molecule has 1 aromatic rings. The molecular weight excluding hydrogens is 268 g/mol. The summed E-state index contributed by atoms with van der Waals surface area (Å²) in [5.41, 5.74) is 1.10. The lowest BCUT2D eigenvalue weighted by Gasteiger charge is -2.37. The molecule has 0 fully saturated rings. The largest absolute Gasteiger partial charge is 0.405 e. The molecular formula is C16H26O3Si. The zero-order chi connectivity index (χ0) is 15.2. The molecule has 0 N–H and O–H groups in total. The Balaban J connectivity index is 2.46. The van der Waals surface area contributed by atoms with Crippen LogP contribution in [-0.2, 0) is 20.6 Å². The lowest BCUT2D eigenvalue weighted by atomic mass is 10.2. The maximum absolute atomic E-state index is 11.2. The highest BCUT2D eigenvalue weighted by atomic mass is 28.4. The quantitative estimate of drug-likeness (QED) is 0.567. The summed E-state index contributed by atoms with van der Waals surface area (Å²) in [6.07, 6.45) is 0.380. The van der Waals surface area contributed by atoms with E-state index >= 15 is 0 Å². The maximum atomic E-state index is 11.2. The Hall–Kier alpha value is -0.973. The summed E-state index contributed by atoms with van der Waals surface area (Å²) in [6, 6.07) is 9.93. The second kappa shape index (κ2) is 7.15. The number of hydrogen-bond donors (Lipinski definition) is 0. The predicted molar refractivity (Wildman–Crippen MR) is 84.2 cm³/mol. The summed E-state index contributed by atoms with van der Waals surface area (Å²) >= 11 is 0. The highest BCUT2D eigenvalue weighted by molar-refractivity contribution is 6.74. The zero-order valence-corrected chi connectivity index (χ0v) is 14.2. The topological polar surface area (TPSA) is 35.5 Å². The SMILES string of the molecule is CC(C)(C)[Si](C)(C)O[C@H](C=O)COCc1ccccc1. The van der Waals surface area contributed by atoms with E-state index in [1.165, 1.54) is 0 Å². The number of carbonyl (C=O) groups is 1. The van der Waals surface area contributed by atoms with E-state index in [9.17, 15) is 4.79 Å². The lowest BCUT2D eigenvalue weighted by Crippen LogP contribution is -2.45. The molecule has 0 aliphatic rings. The summed E-state index contributed by atoms with van der Waals surface area (Å²) in [4.78, 5) is 11.2. The summed E-state index contributed by atoms with van der Waals surface area (Å²) in [5.74, 6) is 0. The molecule has 0 saturated heterocycles. The first-order valence-corrected chi connectivity index (χ1v) is 9.92. The first-order valence-electron chi connectivity index (χ1n) is 7.01. The van der Waals surface area contributed by atoms with Gasteiger partial charge in [-0.05, 0) is 23.7 Å². The van der Waals surface area contributed by atoms with E-state index < -0.39 is 14.4 Å². The minimum atomic E-state index is -1.93. The molecule has 0 bridgehead atoms. The van der Waals surface area contributed by atoms with Crippen LogP contribution in [0.4, 0.5) is 0 Å². The Morgan fingerprint density at radius 1 is 1.20 bits per heavy atom. The van der Waals surface area contributed by atoms with Crippen molar-refractivity contribution in [3.8, 4) is 0 Å². The van der Waals surface area contributed by atoms with E-state index in [0.717, 1.165) is 11.8 Å². The summed E-state index contributed by atoms with van der Waals surface area (Å²) < 4.78 is 11.6. The predicted octanol–water partition coefficient (Wildman–Crippen LogP) is 3.79. The fourth-order valence-electron chi connectivity index (χ4n) is 1.52. The Labute approximate surface area is 123 Å². The first-order chi connectivity index (χ1) is 9.26. The third-order valence-corrected chi connectivity index (χ3v) is 8.30. The molecule has 1 rings (SSSR count). The van der Waals surface area contributed by atoms with Crippen LogP contribution in [0.2, 0.25) is 18.1 Å². The molecule has 0 aromatic heterocycles. The monoisotopic (exact) mass is 294 g/mol. The van der Waals surface area contributed by atoms with E-state index in [4.69, 9.17) is 9.16 Å². The Morgan fingerprint density at radius 3 is 2.30 bits per heavy atom. The Kier molecular flexibility index (Phi) is 6.11. The Bertz CT molecular complexity index is 409. The molecule has 3 nitrogen and oxygen atoms in total. The molecule has 0 heterocycles. The minimum Gasteiger partial charge on any atom is -0.405 e. The van der Waals surface area contributed by atoms with Gasteiger partial charge < -0.3 is 14.0 Å². The second-order valence-corrected chi connectivity index (χ2v) is 11.3. The van der Waals surface area contributed by atoms with Gasteiger partial charge >= 0.3 is 0 Å². The average molecular weight is 294 g/mol. The van der Waals surface area contributed by atoms with Crippen molar-refractivity contribution in [2.75, 3.05) is 6.61 Å². The molecule has 0 amide bonds. The molecule has 4 heteroatoms. The van der Waals surface area contributed by atoms with Crippen LogP contribution in [0.3, 0.4) is 0 Å². The smallest absolute Gasteiger partial charge is 0.193 e. The molecule has 0 unspecified atom stereocenters. The van der Waals surface area contributed by atoms with Gasteiger partial charge in [0.25, 0.3) is 0 Å². The van der Waals surface area contributed by atoms with Crippen LogP contribution in [0, 0.1) is 0 Å². The van der Waals surface area contributed by atoms with Crippen molar-refractivity contribution in [1.29, 1.82) is 0 Å². The van der Waals surface area contributed by atoms with Gasteiger partial charge in [-0.1, -0.05) is 51.1 Å². The van der Waals surface area contributed by atoms with Gasteiger partial charge in [0.1, 0.15) is 12.4 Å². The van der Waals surface area contributed by atoms with Gasteiger partial charge in [0.2, 0.25) is 0 Å². The van der Waals surface area contributed by atoms with Crippen molar-refractivity contribution in [3.63, 3.8) is 0 Å². The van der Waals surface area contributed by atoms with Gasteiger partial charge in [-0.15, -0.1) is 0 Å². The molecule has 0 aliphatic carbocycles. The highest BCUT2D eigenvalue weighted by Gasteiger charge is 2.39. The molecule has 112 valence electrons. The number of rotatable bonds is 7. The summed E-state index contributed by atoms with van der Waals surface area (Å²) in [6.45, 7) is 11.6. The van der Waals surface area contributed by atoms with Crippen molar-refractivity contribution < 1.29 is 14.0 Å². The highest BCUT2D eigenvalue weighted by Crippen LogP contribution is 2.37. The van der Waals surface area contributed by atoms with E-state index in [1.807, 2.05) is 30.3 Å². The van der Waals surface area contributed by atoms with Crippen molar-refractivity contribution in [3.05, 3.63) is 35.9 Å². The number of benzene rings is 1. The van der Waals surface area contributed by atoms with Crippen LogP contribution >= 0.6 is 0 Å². The molecule has 20 heavy (non-hydrogen) atoms. The normalized spacial score (nSPS) is 14.1. The first kappa shape index (κ1) is 17.1. The van der Waals surface area contributed by atoms with Gasteiger partial charge in [-0.2, -0.15) is 0 Å². The van der Waals surface area contributed by atoms with Crippen LogP contribution in [0.25, 0.3) is 0 Å². The Morgan fingerprint density at radius 2 is 1.80 bits per heavy atom. The van der Waals surface area contributed by atoms with Crippen LogP contribution in [-0.4, -0.2) is 27.3 Å². The average Bonchev–Trinajstić information content (AvgIpc) is 2.37. The molecule has 0 saturated carbocycles. The van der Waals surface area contributed by atoms with Crippen LogP contribution in [0.1, 0.15) is 26.3 Å². The fraction of sp³-hybridized carbons (Fsp3) is 0.562. The molecule has 1 aromatic carbocycles. The lowest BCUT2D eigenvalue weighted by molar-refractivity contribution is -0.117. The van der Waals surface area contributed by atoms with Gasteiger partial charge in [-0.25, -0.2) is 0 Å². The molecule has 1 atom stereocenters. The maximum Gasteiger partial charge on any atom is 0.193 e. The molecule has 0 spiro atoms. The number of aldehydes is 1. The van der Waals surface area contributed by atoms with Crippen molar-refractivity contribution >= 4 is 14.6 Å². The molecule has 0 aliphatic heterocycles. The van der Waals surface area contributed by atoms with E-state index in [1.54, 1.807) is 0 Å². The fourth-order valence-corrected chi connectivity index (χ4v) is 2.76. The van der Waals surface area contributed by atoms with Crippen LogP contribution in [0.15, 0.2) is 30.3 Å². The minimum absolute atomic E-state index is 0.0910. The van der Waals surface area contributed by atoms with E-state index in [2.05, 4.69) is 33.9 Å². The van der Waals surface area contributed by atoms with Gasteiger partial charge in [-0.3, -0.25) is 0 Å². The van der Waals surface area contributed by atoms with Crippen molar-refractivity contribution in [2.24, 2.45) is 0 Å². The van der Waals surface area contributed by atoms with E-state index in [0.29, 0.717) is 13.2 Å². The van der Waals surface area contributed by atoms with Gasteiger partial charge in [0.15, 0.2) is 8.32 Å². The number of hydrogen-bond acceptors (Lipinski definition) is 3. The second-order valence-electron chi connectivity index (χ2n) is 6.55. The van der Waals surface area contributed by atoms with Crippen LogP contribution < -0.4 is 0 Å². The summed E-state index contributed by atoms with van der Waals surface area (Å²) in [7, 11) is -1.93. The van der Waals surface area contributed by atoms with Gasteiger partial charge in [0.05, 0.1) is 13.2 Å². The van der Waals surface area contributed by atoms with Gasteiger partial charge in [0, 0.05) is 0 Å².